The van der Waals surface area contributed by atoms with E-state index in [1.807, 2.05) is 60.7 Å². The van der Waals surface area contributed by atoms with E-state index < -0.39 is 73.9 Å². The Morgan fingerprint density at radius 3 is 1.80 bits per heavy atom. The van der Waals surface area contributed by atoms with Crippen molar-refractivity contribution >= 4 is 0 Å². The Bertz CT molecular complexity index is 1640. The van der Waals surface area contributed by atoms with E-state index in [4.69, 9.17) is 42.6 Å². The van der Waals surface area contributed by atoms with E-state index in [1.54, 1.807) is 31.4 Å². The van der Waals surface area contributed by atoms with E-state index in [1.165, 1.54) is 0 Å². The molecule has 16 heteroatoms. The first kappa shape index (κ1) is 33.1. The first-order valence-corrected chi connectivity index (χ1v) is 15.7. The smallest absolute Gasteiger partial charge is 0.211 e. The van der Waals surface area contributed by atoms with Gasteiger partial charge in [-0.15, -0.1) is 0 Å². The van der Waals surface area contributed by atoms with Crippen LogP contribution in [0, 0.1) is 0 Å². The molecule has 0 aromatic heterocycles. The molecule has 0 radical (unpaired) electrons. The molecule has 12 atom stereocenters. The van der Waals surface area contributed by atoms with Crippen molar-refractivity contribution in [3.63, 3.8) is 0 Å². The highest BCUT2D eigenvalue weighted by atomic mass is 16.8. The minimum atomic E-state index is -1.35. The predicted octanol–water partition coefficient (Wildman–Crippen LogP) is 4.86. The minimum Gasteiger partial charge on any atom is -0.497 e. The highest BCUT2D eigenvalue weighted by Crippen LogP contribution is 2.41. The molecule has 0 amide bonds. The van der Waals surface area contributed by atoms with Gasteiger partial charge in [-0.25, -0.2) is 0 Å². The standard InChI is InChI=1S/C33H34N6O10/c1-41-20-12-14-21(15-13-20)44-33-25(37-39-35)29(28-23(46-33)17-43-31(48-28)19-10-6-3-7-11-19)49-32-24(36-38-34)26(40)27-22(45-32)16-42-30(47-27)18-8-4-2-5-9-18/h2-15,22-33,40H,16-17H2,1H3/t22-,23-,24-,25-,26-,27+,28-,29-,30?,31?,32-,33+/m1/s1. The number of azide groups is 2. The SMILES string of the molecule is COc1ccc(O[C@H]2O[C@@H]3COC(c4ccccc4)O[C@H]3[C@H](O[C@H]3O[C@@H]4COC(c5ccccc5)O[C@@H]4[C@H](O)[C@H]3N=[N+]=[N-])[C@H]2N=[N+]=[N-])cc1. The van der Waals surface area contributed by atoms with Crippen LogP contribution in [0.15, 0.2) is 95.2 Å². The second-order valence-corrected chi connectivity index (χ2v) is 11.7. The van der Waals surface area contributed by atoms with Crippen LogP contribution >= 0.6 is 0 Å². The van der Waals surface area contributed by atoms with Crippen molar-refractivity contribution in [2.24, 2.45) is 10.2 Å². The Morgan fingerprint density at radius 2 is 1.20 bits per heavy atom. The Labute approximate surface area is 280 Å². The topological polar surface area (TPSA) is 201 Å². The summed E-state index contributed by atoms with van der Waals surface area (Å²) < 4.78 is 55.1. The Hall–Kier alpha value is -4.44. The van der Waals surface area contributed by atoms with Crippen molar-refractivity contribution < 1.29 is 47.7 Å². The number of ether oxygens (including phenoxy) is 9. The molecule has 4 saturated heterocycles. The minimum absolute atomic E-state index is 0.0490. The zero-order chi connectivity index (χ0) is 33.7. The summed E-state index contributed by atoms with van der Waals surface area (Å²) in [5.74, 6) is 1.02. The summed E-state index contributed by atoms with van der Waals surface area (Å²) in [7, 11) is 1.55. The number of fused-ring (bicyclic) bond motifs is 2. The predicted molar refractivity (Wildman–Crippen MR) is 168 cm³/mol. The molecule has 49 heavy (non-hydrogen) atoms. The van der Waals surface area contributed by atoms with Gasteiger partial charge in [-0.2, -0.15) is 0 Å². The van der Waals surface area contributed by atoms with Crippen LogP contribution in [0.25, 0.3) is 20.9 Å². The summed E-state index contributed by atoms with van der Waals surface area (Å²) in [4.78, 5) is 6.04. The molecule has 0 bridgehead atoms. The van der Waals surface area contributed by atoms with E-state index in [-0.39, 0.29) is 13.2 Å². The molecule has 1 N–H and O–H groups in total. The van der Waals surface area contributed by atoms with E-state index in [9.17, 15) is 16.2 Å². The Kier molecular flexibility index (Phi) is 10.1. The van der Waals surface area contributed by atoms with Gasteiger partial charge < -0.3 is 47.7 Å². The van der Waals surface area contributed by atoms with Gasteiger partial charge >= 0.3 is 0 Å². The van der Waals surface area contributed by atoms with Gasteiger partial charge in [0.15, 0.2) is 18.9 Å². The largest absolute Gasteiger partial charge is 0.497 e. The van der Waals surface area contributed by atoms with Gasteiger partial charge in [0.2, 0.25) is 6.29 Å². The fourth-order valence-electron chi connectivity index (χ4n) is 6.37. The zero-order valence-corrected chi connectivity index (χ0v) is 26.2. The molecule has 2 unspecified atom stereocenters. The summed E-state index contributed by atoms with van der Waals surface area (Å²) in [6, 6.07) is 22.9. The Balaban J connectivity index is 1.18. The third-order valence-electron chi connectivity index (χ3n) is 8.76. The van der Waals surface area contributed by atoms with E-state index in [0.717, 1.165) is 11.1 Å². The zero-order valence-electron chi connectivity index (χ0n) is 26.2. The molecule has 4 aliphatic rings. The summed E-state index contributed by atoms with van der Waals surface area (Å²) in [5.41, 5.74) is 20.7. The lowest BCUT2D eigenvalue weighted by atomic mass is 9.94. The molecule has 0 saturated carbocycles. The lowest BCUT2D eigenvalue weighted by Crippen LogP contribution is -2.66. The summed E-state index contributed by atoms with van der Waals surface area (Å²) >= 11 is 0. The van der Waals surface area contributed by atoms with Crippen LogP contribution in [0.4, 0.5) is 0 Å². The average Bonchev–Trinajstić information content (AvgIpc) is 3.15. The molecule has 3 aromatic rings. The maximum atomic E-state index is 11.5. The van der Waals surface area contributed by atoms with Gasteiger partial charge in [0.05, 0.1) is 26.4 Å². The van der Waals surface area contributed by atoms with E-state index in [2.05, 4.69) is 20.1 Å². The highest BCUT2D eigenvalue weighted by Gasteiger charge is 2.56. The third kappa shape index (κ3) is 7.02. The van der Waals surface area contributed by atoms with Gasteiger partial charge in [0.1, 0.15) is 54.1 Å². The number of aliphatic hydroxyl groups is 1. The highest BCUT2D eigenvalue weighted by molar-refractivity contribution is 5.31. The van der Waals surface area contributed by atoms with Crippen LogP contribution in [0.2, 0.25) is 0 Å². The fraction of sp³-hybridized carbons (Fsp3) is 0.455. The van der Waals surface area contributed by atoms with Crippen molar-refractivity contribution in [1.29, 1.82) is 0 Å². The summed E-state index contributed by atoms with van der Waals surface area (Å²) in [6.07, 6.45) is -9.83. The van der Waals surface area contributed by atoms with Crippen LogP contribution < -0.4 is 9.47 Å². The molecule has 256 valence electrons. The number of aliphatic hydroxyl groups excluding tert-OH is 1. The number of rotatable bonds is 9. The molecule has 3 aromatic carbocycles. The maximum absolute atomic E-state index is 11.5. The molecule has 0 spiro atoms. The number of hydrogen-bond acceptors (Lipinski definition) is 12. The number of methoxy groups -OCH3 is 1. The van der Waals surface area contributed by atoms with Crippen molar-refractivity contribution in [2.45, 2.75) is 73.9 Å². The van der Waals surface area contributed by atoms with Crippen LogP contribution in [0.3, 0.4) is 0 Å². The Morgan fingerprint density at radius 1 is 0.673 bits per heavy atom. The average molecular weight is 675 g/mol. The second-order valence-electron chi connectivity index (χ2n) is 11.7. The molecule has 0 aliphatic carbocycles. The van der Waals surface area contributed by atoms with Gasteiger partial charge in [0, 0.05) is 21.0 Å². The lowest BCUT2D eigenvalue weighted by molar-refractivity contribution is -0.376. The van der Waals surface area contributed by atoms with Gasteiger partial charge in [-0.1, -0.05) is 70.9 Å². The molecule has 7 rings (SSSR count). The van der Waals surface area contributed by atoms with Gasteiger partial charge in [-0.3, -0.25) is 0 Å². The molecule has 4 heterocycles. The first-order chi connectivity index (χ1) is 24.1. The van der Waals surface area contributed by atoms with E-state index in [0.29, 0.717) is 11.5 Å². The van der Waals surface area contributed by atoms with Gasteiger partial charge in [-0.05, 0) is 35.3 Å². The molecule has 16 nitrogen and oxygen atoms in total. The number of nitrogens with zero attached hydrogens (tertiary/aromatic N) is 6. The summed E-state index contributed by atoms with van der Waals surface area (Å²) in [5, 5.41) is 19.4. The van der Waals surface area contributed by atoms with E-state index >= 15 is 0 Å². The van der Waals surface area contributed by atoms with Crippen molar-refractivity contribution in [3.8, 4) is 11.5 Å². The van der Waals surface area contributed by atoms with Crippen LogP contribution in [0.1, 0.15) is 23.7 Å². The second kappa shape index (κ2) is 15.0. The maximum Gasteiger partial charge on any atom is 0.211 e. The van der Waals surface area contributed by atoms with Crippen LogP contribution in [-0.2, 0) is 33.2 Å². The molecular weight excluding hydrogens is 640 g/mol. The first-order valence-electron chi connectivity index (χ1n) is 15.7. The number of benzene rings is 3. The van der Waals surface area contributed by atoms with Crippen molar-refractivity contribution in [3.05, 3.63) is 117 Å². The monoisotopic (exact) mass is 674 g/mol. The van der Waals surface area contributed by atoms with Crippen molar-refractivity contribution in [2.75, 3.05) is 20.3 Å². The number of hydrogen-bond donors (Lipinski definition) is 1. The van der Waals surface area contributed by atoms with Crippen LogP contribution in [0.5, 0.6) is 11.5 Å². The molecule has 4 fully saturated rings. The quantitative estimate of drug-likeness (QED) is 0.186. The van der Waals surface area contributed by atoms with Gasteiger partial charge in [0.25, 0.3) is 0 Å². The lowest BCUT2D eigenvalue weighted by Gasteiger charge is -2.51. The normalized spacial score (nSPS) is 35.4. The molecular formula is C33H34N6O10. The van der Waals surface area contributed by atoms with Crippen molar-refractivity contribution in [1.82, 2.24) is 0 Å². The summed E-state index contributed by atoms with van der Waals surface area (Å²) in [6.45, 7) is 0.129. The van der Waals surface area contributed by atoms with Crippen LogP contribution in [-0.4, -0.2) is 86.7 Å². The molecule has 4 aliphatic heterocycles. The third-order valence-corrected chi connectivity index (χ3v) is 8.76. The fourth-order valence-corrected chi connectivity index (χ4v) is 6.37.